The highest BCUT2D eigenvalue weighted by Crippen LogP contribution is 2.25. The van der Waals surface area contributed by atoms with Gasteiger partial charge in [0.05, 0.1) is 0 Å². The number of aldehydes is 1. The molecule has 0 amide bonds. The average Bonchev–Trinajstić information content (AvgIpc) is 2.16. The molecule has 0 heterocycles. The molecule has 1 aromatic rings. The number of benzene rings is 1. The molecule has 0 saturated heterocycles. The Morgan fingerprint density at radius 1 is 1.40 bits per heavy atom. The molecular weight excluding hydrogens is 202 g/mol. The maximum atomic E-state index is 12.5. The topological polar surface area (TPSA) is 34.1 Å². The van der Waals surface area contributed by atoms with Gasteiger partial charge in [0.25, 0.3) is 6.43 Å². The SMILES string of the molecule is CC(=O)c1cc(C(F)F)c(C)cc1C=O. The molecule has 0 saturated carbocycles. The Morgan fingerprint density at radius 3 is 2.40 bits per heavy atom. The molecule has 80 valence electrons. The number of ketones is 1. The number of aryl methyl sites for hydroxylation is 1. The first-order valence-electron chi connectivity index (χ1n) is 4.36. The molecule has 2 nitrogen and oxygen atoms in total. The summed E-state index contributed by atoms with van der Waals surface area (Å²) < 4.78 is 25.0. The van der Waals surface area contributed by atoms with Gasteiger partial charge < -0.3 is 0 Å². The summed E-state index contributed by atoms with van der Waals surface area (Å²) in [6.45, 7) is 2.73. The van der Waals surface area contributed by atoms with Crippen molar-refractivity contribution in [2.24, 2.45) is 0 Å². The van der Waals surface area contributed by atoms with Gasteiger partial charge in [-0.2, -0.15) is 0 Å². The Morgan fingerprint density at radius 2 is 2.00 bits per heavy atom. The van der Waals surface area contributed by atoms with Crippen LogP contribution < -0.4 is 0 Å². The van der Waals surface area contributed by atoms with Gasteiger partial charge in [-0.3, -0.25) is 9.59 Å². The normalized spacial score (nSPS) is 10.5. The first-order chi connectivity index (χ1) is 6.97. The zero-order valence-corrected chi connectivity index (χ0v) is 8.38. The molecule has 1 aromatic carbocycles. The third kappa shape index (κ3) is 2.26. The van der Waals surface area contributed by atoms with Crippen LogP contribution in [0, 0.1) is 6.92 Å². The summed E-state index contributed by atoms with van der Waals surface area (Å²) in [6, 6.07) is 2.40. The molecule has 0 N–H and O–H groups in total. The van der Waals surface area contributed by atoms with Crippen LogP contribution in [-0.2, 0) is 0 Å². The van der Waals surface area contributed by atoms with E-state index in [9.17, 15) is 18.4 Å². The fraction of sp³-hybridized carbons (Fsp3) is 0.273. The van der Waals surface area contributed by atoms with Gasteiger partial charge in [-0.05, 0) is 31.5 Å². The summed E-state index contributed by atoms with van der Waals surface area (Å²) in [5, 5.41) is 0. The van der Waals surface area contributed by atoms with E-state index in [1.807, 2.05) is 0 Å². The van der Waals surface area contributed by atoms with Gasteiger partial charge in [-0.25, -0.2) is 8.78 Å². The maximum Gasteiger partial charge on any atom is 0.264 e. The Hall–Kier alpha value is -1.58. The number of carbonyl (C=O) groups is 2. The molecule has 0 fully saturated rings. The number of Topliss-reactive ketones (excluding diaryl/α,β-unsaturated/α-hetero) is 1. The third-order valence-electron chi connectivity index (χ3n) is 2.18. The fourth-order valence-corrected chi connectivity index (χ4v) is 1.38. The van der Waals surface area contributed by atoms with Crippen molar-refractivity contribution in [3.05, 3.63) is 34.4 Å². The lowest BCUT2D eigenvalue weighted by atomic mass is 9.98. The number of carbonyl (C=O) groups excluding carboxylic acids is 2. The molecule has 15 heavy (non-hydrogen) atoms. The molecule has 0 spiro atoms. The van der Waals surface area contributed by atoms with E-state index in [1.165, 1.54) is 19.9 Å². The number of halogens is 2. The molecular formula is C11H10F2O2. The lowest BCUT2D eigenvalue weighted by molar-refractivity contribution is 0.100. The van der Waals surface area contributed by atoms with Gasteiger partial charge in [0.2, 0.25) is 0 Å². The number of hydrogen-bond donors (Lipinski definition) is 0. The highest BCUT2D eigenvalue weighted by molar-refractivity contribution is 6.01. The van der Waals surface area contributed by atoms with Gasteiger partial charge in [-0.1, -0.05) is 0 Å². The van der Waals surface area contributed by atoms with Crippen LogP contribution in [0.1, 0.15) is 45.2 Å². The third-order valence-corrected chi connectivity index (χ3v) is 2.18. The summed E-state index contributed by atoms with van der Waals surface area (Å²) in [5.74, 6) is -0.390. The zero-order valence-electron chi connectivity index (χ0n) is 8.38. The predicted octanol–water partition coefficient (Wildman–Crippen LogP) is 2.95. The quantitative estimate of drug-likeness (QED) is 0.570. The van der Waals surface area contributed by atoms with Crippen LogP contribution in [0.2, 0.25) is 0 Å². The van der Waals surface area contributed by atoms with Crippen molar-refractivity contribution in [2.45, 2.75) is 20.3 Å². The lowest BCUT2D eigenvalue weighted by Gasteiger charge is -2.08. The van der Waals surface area contributed by atoms with E-state index in [0.717, 1.165) is 6.07 Å². The minimum Gasteiger partial charge on any atom is -0.298 e. The van der Waals surface area contributed by atoms with Crippen LogP contribution in [0.4, 0.5) is 8.78 Å². The van der Waals surface area contributed by atoms with E-state index in [2.05, 4.69) is 0 Å². The van der Waals surface area contributed by atoms with E-state index in [4.69, 9.17) is 0 Å². The number of hydrogen-bond acceptors (Lipinski definition) is 2. The van der Waals surface area contributed by atoms with Crippen molar-refractivity contribution in [3.63, 3.8) is 0 Å². The minimum absolute atomic E-state index is 0.0471. The number of alkyl halides is 2. The molecule has 0 aliphatic heterocycles. The standard InChI is InChI=1S/C11H10F2O2/c1-6-3-8(5-14)10(7(2)15)4-9(6)11(12)13/h3-5,11H,1-2H3. The molecule has 0 atom stereocenters. The molecule has 0 aromatic heterocycles. The van der Waals surface area contributed by atoms with Crippen LogP contribution in [0.25, 0.3) is 0 Å². The molecule has 0 unspecified atom stereocenters. The Bertz CT molecular complexity index is 411. The zero-order chi connectivity index (χ0) is 11.6. The number of rotatable bonds is 3. The van der Waals surface area contributed by atoms with Crippen LogP contribution in [0.5, 0.6) is 0 Å². The molecule has 1 rings (SSSR count). The summed E-state index contributed by atoms with van der Waals surface area (Å²) in [4.78, 5) is 21.7. The largest absolute Gasteiger partial charge is 0.298 e. The highest BCUT2D eigenvalue weighted by atomic mass is 19.3. The maximum absolute atomic E-state index is 12.5. The van der Waals surface area contributed by atoms with Crippen LogP contribution in [0.15, 0.2) is 12.1 Å². The van der Waals surface area contributed by atoms with E-state index in [-0.39, 0.29) is 22.5 Å². The fourth-order valence-electron chi connectivity index (χ4n) is 1.38. The second-order valence-electron chi connectivity index (χ2n) is 3.27. The monoisotopic (exact) mass is 212 g/mol. The Kier molecular flexibility index (Phi) is 3.29. The lowest BCUT2D eigenvalue weighted by Crippen LogP contribution is -2.03. The summed E-state index contributed by atoms with van der Waals surface area (Å²) in [6.07, 6.45) is -2.14. The molecule has 0 aliphatic rings. The molecule has 0 bridgehead atoms. The van der Waals surface area contributed by atoms with E-state index < -0.39 is 6.43 Å². The average molecular weight is 212 g/mol. The summed E-state index contributed by atoms with van der Waals surface area (Å²) in [7, 11) is 0. The highest BCUT2D eigenvalue weighted by Gasteiger charge is 2.16. The van der Waals surface area contributed by atoms with Crippen molar-refractivity contribution < 1.29 is 18.4 Å². The minimum atomic E-state index is -2.64. The van der Waals surface area contributed by atoms with Gasteiger partial charge in [0, 0.05) is 16.7 Å². The van der Waals surface area contributed by atoms with Gasteiger partial charge in [0.1, 0.15) is 0 Å². The smallest absolute Gasteiger partial charge is 0.264 e. The molecule has 4 heteroatoms. The predicted molar refractivity (Wildman–Crippen MR) is 51.5 cm³/mol. The second-order valence-corrected chi connectivity index (χ2v) is 3.27. The van der Waals surface area contributed by atoms with Crippen LogP contribution >= 0.6 is 0 Å². The van der Waals surface area contributed by atoms with Gasteiger partial charge in [0.15, 0.2) is 12.1 Å². The van der Waals surface area contributed by atoms with Crippen molar-refractivity contribution in [3.8, 4) is 0 Å². The van der Waals surface area contributed by atoms with Crippen LogP contribution in [-0.4, -0.2) is 12.1 Å². The molecule has 0 radical (unpaired) electrons. The van der Waals surface area contributed by atoms with E-state index in [1.54, 1.807) is 0 Å². The van der Waals surface area contributed by atoms with Gasteiger partial charge >= 0.3 is 0 Å². The summed E-state index contributed by atoms with van der Waals surface area (Å²) >= 11 is 0. The van der Waals surface area contributed by atoms with Crippen LogP contribution in [0.3, 0.4) is 0 Å². The Balaban J connectivity index is 3.43. The van der Waals surface area contributed by atoms with Crippen molar-refractivity contribution in [1.82, 2.24) is 0 Å². The van der Waals surface area contributed by atoms with E-state index in [0.29, 0.717) is 11.8 Å². The first-order valence-corrected chi connectivity index (χ1v) is 4.36. The first kappa shape index (κ1) is 11.5. The van der Waals surface area contributed by atoms with Crippen molar-refractivity contribution in [2.75, 3.05) is 0 Å². The van der Waals surface area contributed by atoms with Gasteiger partial charge in [-0.15, -0.1) is 0 Å². The van der Waals surface area contributed by atoms with E-state index >= 15 is 0 Å². The van der Waals surface area contributed by atoms with Crippen molar-refractivity contribution in [1.29, 1.82) is 0 Å². The second kappa shape index (κ2) is 4.29. The summed E-state index contributed by atoms with van der Waals surface area (Å²) in [5.41, 5.74) is 0.318. The molecule has 0 aliphatic carbocycles. The van der Waals surface area contributed by atoms with Crippen molar-refractivity contribution >= 4 is 12.1 Å². The Labute approximate surface area is 85.9 Å².